The molecule has 0 radical (unpaired) electrons. The number of para-hydroxylation sites is 1. The monoisotopic (exact) mass is 951 g/mol. The van der Waals surface area contributed by atoms with E-state index in [0.717, 1.165) is 24.2 Å². The number of aliphatic hydroxyl groups is 2. The van der Waals surface area contributed by atoms with Crippen molar-refractivity contribution >= 4 is 33.0 Å². The van der Waals surface area contributed by atoms with Gasteiger partial charge >= 0.3 is 0 Å². The topological polar surface area (TPSA) is 221 Å². The number of ether oxygens (including phenoxy) is 2. The number of carbonyl (C=O) groups is 1. The number of nitrogens with zero attached hydrogens (tertiary/aromatic N) is 5. The van der Waals surface area contributed by atoms with Crippen molar-refractivity contribution in [1.82, 2.24) is 15.1 Å². The van der Waals surface area contributed by atoms with E-state index in [9.17, 15) is 33.8 Å². The molecule has 1 spiro atoms. The number of rotatable bonds is 18. The standard InChI is InChI=1S/C53H57N7O8S/c1-7-51(3,4)33-15-26-44(41(31-33)52(5,6)8-2)67-30-12-29-55-49(63)45-39-27-28-53(45)40(47(39)62)24-25-43(61)48(53)68-37-20-16-35(17-21-37)59-69(65,66)38-22-18-34(19-23-38)56-57-46-42(32-54)58-60(50(46)64)36-13-10-9-11-14-36/h9-11,13-28,31,39-40,45,47,59,61-62,64H,7-8,12,29-30H2,1-6H3,(H,55,63). The SMILES string of the molecule is CCC(C)(C)c1ccc(OCCCNC(=O)C2C3C=CC24C(Oc2ccc(NS(=O)(=O)c5ccc(N=Nc6c(C#N)nn(-c7ccccc7)c6O)cc5)cc2)=C(O)C=CC4C3O)c(C(C)(C)CC)c1. The van der Waals surface area contributed by atoms with Gasteiger partial charge in [-0.25, -0.2) is 8.42 Å². The summed E-state index contributed by atoms with van der Waals surface area (Å²) in [4.78, 5) is 14.1. The zero-order valence-electron chi connectivity index (χ0n) is 39.4. The van der Waals surface area contributed by atoms with E-state index in [-0.39, 0.29) is 67.5 Å². The molecule has 5 aromatic rings. The maximum absolute atomic E-state index is 14.1. The van der Waals surface area contributed by atoms with Crippen molar-refractivity contribution in [1.29, 1.82) is 5.26 Å². The molecule has 5 unspecified atom stereocenters. The van der Waals surface area contributed by atoms with Crippen molar-refractivity contribution < 1.29 is 38.0 Å². The van der Waals surface area contributed by atoms with Gasteiger partial charge in [0.25, 0.3) is 10.0 Å². The van der Waals surface area contributed by atoms with E-state index >= 15 is 0 Å². The molecule has 358 valence electrons. The number of aliphatic hydroxyl groups excluding tert-OH is 2. The van der Waals surface area contributed by atoms with Crippen LogP contribution in [0.15, 0.2) is 148 Å². The van der Waals surface area contributed by atoms with E-state index in [4.69, 9.17) is 9.47 Å². The highest BCUT2D eigenvalue weighted by Crippen LogP contribution is 2.63. The average molecular weight is 952 g/mol. The van der Waals surface area contributed by atoms with Crippen LogP contribution in [0.2, 0.25) is 0 Å². The Hall–Kier alpha value is -7.22. The van der Waals surface area contributed by atoms with Crippen LogP contribution < -0.4 is 19.5 Å². The van der Waals surface area contributed by atoms with E-state index in [0.29, 0.717) is 25.3 Å². The molecule has 3 aliphatic carbocycles. The number of anilines is 1. The van der Waals surface area contributed by atoms with Gasteiger partial charge in [0.2, 0.25) is 11.8 Å². The molecule has 5 atom stereocenters. The summed E-state index contributed by atoms with van der Waals surface area (Å²) in [6, 6.07) is 28.7. The van der Waals surface area contributed by atoms with Crippen molar-refractivity contribution in [2.24, 2.45) is 33.4 Å². The van der Waals surface area contributed by atoms with Crippen molar-refractivity contribution in [2.75, 3.05) is 17.9 Å². The average Bonchev–Trinajstić information content (AvgIpc) is 3.97. The van der Waals surface area contributed by atoms with Gasteiger partial charge in [-0.1, -0.05) is 90.1 Å². The van der Waals surface area contributed by atoms with Crippen LogP contribution in [0, 0.1) is 34.5 Å². The van der Waals surface area contributed by atoms with Crippen LogP contribution in [0.25, 0.3) is 5.69 Å². The van der Waals surface area contributed by atoms with E-state index in [2.05, 4.69) is 85.1 Å². The highest BCUT2D eigenvalue weighted by atomic mass is 32.2. The minimum absolute atomic E-state index is 0.0344. The molecular formula is C53H57N7O8S. The molecule has 15 nitrogen and oxygen atoms in total. The lowest BCUT2D eigenvalue weighted by Crippen LogP contribution is -2.44. The van der Waals surface area contributed by atoms with Gasteiger partial charge in [-0.3, -0.25) is 9.52 Å². The maximum atomic E-state index is 14.1. The number of hydrogen-bond donors (Lipinski definition) is 5. The smallest absolute Gasteiger partial charge is 0.261 e. The third kappa shape index (κ3) is 9.24. The molecule has 2 bridgehead atoms. The van der Waals surface area contributed by atoms with Crippen LogP contribution in [0.3, 0.4) is 0 Å². The normalized spacial score (nSPS) is 20.8. The summed E-state index contributed by atoms with van der Waals surface area (Å²) in [5.74, 6) is -1.46. The number of amides is 1. The minimum Gasteiger partial charge on any atom is -0.504 e. The van der Waals surface area contributed by atoms with Gasteiger partial charge in [-0.15, -0.1) is 5.11 Å². The van der Waals surface area contributed by atoms with Gasteiger partial charge in [0, 0.05) is 29.6 Å². The summed E-state index contributed by atoms with van der Waals surface area (Å²) < 4.78 is 43.3. The molecule has 5 N–H and O–H groups in total. The Balaban J connectivity index is 0.902. The number of nitrogens with one attached hydrogen (secondary N) is 2. The second-order valence-electron chi connectivity index (χ2n) is 18.9. The number of aromatic nitrogens is 2. The van der Waals surface area contributed by atoms with E-state index in [1.54, 1.807) is 36.4 Å². The Morgan fingerprint density at radius 2 is 1.64 bits per heavy atom. The van der Waals surface area contributed by atoms with Crippen LogP contribution >= 0.6 is 0 Å². The Kier molecular flexibility index (Phi) is 13.3. The van der Waals surface area contributed by atoms with Gasteiger partial charge in [0.15, 0.2) is 22.9 Å². The Labute approximate surface area is 402 Å². The molecule has 0 aliphatic heterocycles. The van der Waals surface area contributed by atoms with Crippen molar-refractivity contribution in [3.8, 4) is 29.1 Å². The lowest BCUT2D eigenvalue weighted by atomic mass is 9.68. The molecule has 1 amide bonds. The summed E-state index contributed by atoms with van der Waals surface area (Å²) in [5, 5.41) is 58.4. The molecule has 8 rings (SSSR count). The number of azo groups is 1. The number of allylic oxidation sites excluding steroid dienone is 2. The molecule has 1 aromatic heterocycles. The zero-order valence-corrected chi connectivity index (χ0v) is 40.2. The molecule has 1 fully saturated rings. The number of nitriles is 1. The number of benzene rings is 4. The van der Waals surface area contributed by atoms with Gasteiger partial charge in [0.1, 0.15) is 17.6 Å². The lowest BCUT2D eigenvalue weighted by Gasteiger charge is -2.38. The minimum atomic E-state index is -4.08. The second-order valence-corrected chi connectivity index (χ2v) is 20.6. The number of fused-ring (bicyclic) bond motifs is 1. The second kappa shape index (κ2) is 19.0. The van der Waals surface area contributed by atoms with Crippen molar-refractivity contribution in [3.63, 3.8) is 0 Å². The van der Waals surface area contributed by atoms with Crippen LogP contribution in [0.1, 0.15) is 77.6 Å². The van der Waals surface area contributed by atoms with Gasteiger partial charge in [0.05, 0.1) is 40.3 Å². The molecule has 3 aliphatic rings. The van der Waals surface area contributed by atoms with Crippen LogP contribution in [-0.2, 0) is 25.6 Å². The first kappa shape index (κ1) is 48.2. The fourth-order valence-electron chi connectivity index (χ4n) is 9.24. The van der Waals surface area contributed by atoms with E-state index in [1.165, 1.54) is 64.9 Å². The molecule has 1 heterocycles. The lowest BCUT2D eigenvalue weighted by molar-refractivity contribution is -0.128. The highest BCUT2D eigenvalue weighted by Gasteiger charge is 2.67. The molecule has 16 heteroatoms. The number of sulfonamides is 1. The van der Waals surface area contributed by atoms with Crippen LogP contribution in [-0.4, -0.2) is 58.7 Å². The largest absolute Gasteiger partial charge is 0.504 e. The van der Waals surface area contributed by atoms with Crippen molar-refractivity contribution in [2.45, 2.75) is 82.6 Å². The fourth-order valence-corrected chi connectivity index (χ4v) is 10.3. The van der Waals surface area contributed by atoms with Gasteiger partial charge in [-0.05, 0) is 108 Å². The highest BCUT2D eigenvalue weighted by molar-refractivity contribution is 7.92. The number of hydrogen-bond acceptors (Lipinski definition) is 12. The first-order valence-corrected chi connectivity index (χ1v) is 24.6. The zero-order chi connectivity index (χ0) is 49.3. The fraction of sp³-hybridized carbons (Fsp3) is 0.340. The molecule has 1 saturated carbocycles. The third-order valence-electron chi connectivity index (χ3n) is 14.0. The predicted molar refractivity (Wildman–Crippen MR) is 261 cm³/mol. The van der Waals surface area contributed by atoms with Crippen LogP contribution in [0.5, 0.6) is 17.4 Å². The van der Waals surface area contributed by atoms with E-state index in [1.807, 2.05) is 18.2 Å². The van der Waals surface area contributed by atoms with Crippen molar-refractivity contribution in [3.05, 3.63) is 150 Å². The Morgan fingerprint density at radius 1 is 0.928 bits per heavy atom. The van der Waals surface area contributed by atoms with E-state index < -0.39 is 39.3 Å². The van der Waals surface area contributed by atoms with Gasteiger partial charge < -0.3 is 30.1 Å². The molecular weight excluding hydrogens is 895 g/mol. The summed E-state index contributed by atoms with van der Waals surface area (Å²) >= 11 is 0. The van der Waals surface area contributed by atoms with Crippen LogP contribution in [0.4, 0.5) is 17.1 Å². The molecule has 4 aromatic carbocycles. The number of aromatic hydroxyl groups is 1. The Bertz CT molecular complexity index is 3010. The predicted octanol–water partition coefficient (Wildman–Crippen LogP) is 10.1. The summed E-state index contributed by atoms with van der Waals surface area (Å²) in [6.07, 6.45) is 8.45. The molecule has 69 heavy (non-hydrogen) atoms. The summed E-state index contributed by atoms with van der Waals surface area (Å²) in [6.45, 7) is 14.0. The first-order chi connectivity index (χ1) is 32.9. The summed E-state index contributed by atoms with van der Waals surface area (Å²) in [7, 11) is -4.08. The third-order valence-corrected chi connectivity index (χ3v) is 15.4. The molecule has 0 saturated heterocycles. The number of carbonyl (C=O) groups excluding carboxylic acids is 1. The maximum Gasteiger partial charge on any atom is 0.261 e. The quantitative estimate of drug-likeness (QED) is 0.0318. The first-order valence-electron chi connectivity index (χ1n) is 23.1. The Morgan fingerprint density at radius 3 is 2.32 bits per heavy atom. The summed E-state index contributed by atoms with van der Waals surface area (Å²) in [5.41, 5.74) is 1.91. The van der Waals surface area contributed by atoms with Gasteiger partial charge in [-0.2, -0.15) is 20.2 Å².